The van der Waals surface area contributed by atoms with Gasteiger partial charge in [-0.1, -0.05) is 6.07 Å². The predicted octanol–water partition coefficient (Wildman–Crippen LogP) is 2.74. The highest BCUT2D eigenvalue weighted by Crippen LogP contribution is 2.45. The maximum absolute atomic E-state index is 13.2. The number of hydrogen-bond donors (Lipinski definition) is 2. The van der Waals surface area contributed by atoms with Crippen molar-refractivity contribution >= 4 is 11.4 Å². The van der Waals surface area contributed by atoms with Crippen molar-refractivity contribution in [2.75, 3.05) is 6.61 Å². The van der Waals surface area contributed by atoms with Crippen LogP contribution >= 0.6 is 0 Å². The number of fused-ring (bicyclic) bond motifs is 3. The van der Waals surface area contributed by atoms with Crippen molar-refractivity contribution in [3.63, 3.8) is 0 Å². The van der Waals surface area contributed by atoms with Gasteiger partial charge in [0.05, 0.1) is 16.8 Å². The molecule has 3 aliphatic rings. The van der Waals surface area contributed by atoms with Gasteiger partial charge in [0.2, 0.25) is 0 Å². The van der Waals surface area contributed by atoms with E-state index < -0.39 is 0 Å². The normalized spacial score (nSPS) is 31.4. The minimum atomic E-state index is 0.0486. The van der Waals surface area contributed by atoms with Gasteiger partial charge in [0, 0.05) is 24.8 Å². The van der Waals surface area contributed by atoms with Crippen LogP contribution in [0, 0.1) is 17.8 Å². The predicted molar refractivity (Wildman–Crippen MR) is 94.4 cm³/mol. The van der Waals surface area contributed by atoms with E-state index in [1.54, 1.807) is 0 Å². The lowest BCUT2D eigenvalue weighted by Crippen LogP contribution is -2.45. The fourth-order valence-corrected chi connectivity index (χ4v) is 5.15. The van der Waals surface area contributed by atoms with E-state index in [0.717, 1.165) is 42.5 Å². The number of nitrogens with zero attached hydrogens (tertiary/aromatic N) is 2. The van der Waals surface area contributed by atoms with E-state index in [0.29, 0.717) is 23.7 Å². The molecular formula is C20H25N3O2. The summed E-state index contributed by atoms with van der Waals surface area (Å²) in [4.78, 5) is 13.2. The van der Waals surface area contributed by atoms with E-state index in [1.165, 1.54) is 12.8 Å². The maximum Gasteiger partial charge on any atom is 0.255 e. The zero-order chi connectivity index (χ0) is 17.0. The van der Waals surface area contributed by atoms with Crippen LogP contribution in [0.2, 0.25) is 0 Å². The average Bonchev–Trinajstić information content (AvgIpc) is 3.36. The van der Waals surface area contributed by atoms with Gasteiger partial charge in [-0.15, -0.1) is 0 Å². The summed E-state index contributed by atoms with van der Waals surface area (Å²) in [5.74, 6) is 1.96. The number of aromatic nitrogens is 2. The van der Waals surface area contributed by atoms with E-state index in [-0.39, 0.29) is 18.6 Å². The fraction of sp³-hybridized carbons (Fsp3) is 0.600. The van der Waals surface area contributed by atoms with Crippen LogP contribution in [0.25, 0.3) is 5.52 Å². The quantitative estimate of drug-likeness (QED) is 0.900. The number of pyridine rings is 1. The van der Waals surface area contributed by atoms with Crippen LogP contribution in [-0.4, -0.2) is 33.3 Å². The molecule has 2 aromatic rings. The molecule has 0 saturated heterocycles. The molecule has 0 aliphatic heterocycles. The summed E-state index contributed by atoms with van der Waals surface area (Å²) in [7, 11) is 0. The molecule has 5 rings (SSSR count). The van der Waals surface area contributed by atoms with Gasteiger partial charge < -0.3 is 10.4 Å². The van der Waals surface area contributed by atoms with Crippen molar-refractivity contribution in [2.45, 2.75) is 50.5 Å². The number of rotatable bonds is 4. The Morgan fingerprint density at radius 2 is 1.96 bits per heavy atom. The topological polar surface area (TPSA) is 66.6 Å². The number of carbonyl (C=O) groups excluding carboxylic acids is 1. The van der Waals surface area contributed by atoms with Crippen LogP contribution in [0.5, 0.6) is 0 Å². The lowest BCUT2D eigenvalue weighted by molar-refractivity contribution is 0.0849. The van der Waals surface area contributed by atoms with Crippen molar-refractivity contribution < 1.29 is 9.90 Å². The minimum absolute atomic E-state index is 0.0486. The molecule has 2 heterocycles. The van der Waals surface area contributed by atoms with Gasteiger partial charge in [0.1, 0.15) is 0 Å². The van der Waals surface area contributed by atoms with Gasteiger partial charge in [-0.05, 0) is 68.4 Å². The van der Waals surface area contributed by atoms with E-state index in [1.807, 2.05) is 28.9 Å². The maximum atomic E-state index is 13.2. The monoisotopic (exact) mass is 339 g/mol. The van der Waals surface area contributed by atoms with Gasteiger partial charge >= 0.3 is 0 Å². The first kappa shape index (κ1) is 15.4. The summed E-state index contributed by atoms with van der Waals surface area (Å²) >= 11 is 0. The van der Waals surface area contributed by atoms with Gasteiger partial charge in [-0.3, -0.25) is 4.79 Å². The van der Waals surface area contributed by atoms with Crippen molar-refractivity contribution in [3.8, 4) is 0 Å². The van der Waals surface area contributed by atoms with Crippen LogP contribution in [-0.2, 0) is 0 Å². The zero-order valence-electron chi connectivity index (χ0n) is 14.4. The molecule has 25 heavy (non-hydrogen) atoms. The van der Waals surface area contributed by atoms with Crippen LogP contribution in [0.15, 0.2) is 24.4 Å². The Bertz CT molecular complexity index is 796. The Morgan fingerprint density at radius 1 is 1.20 bits per heavy atom. The molecule has 2 unspecified atom stereocenters. The third kappa shape index (κ3) is 2.56. The number of nitrogens with one attached hydrogen (secondary N) is 1. The van der Waals surface area contributed by atoms with Crippen LogP contribution < -0.4 is 5.32 Å². The molecule has 2 bridgehead atoms. The van der Waals surface area contributed by atoms with Crippen LogP contribution in [0.4, 0.5) is 0 Å². The molecule has 0 spiro atoms. The third-order valence-electron chi connectivity index (χ3n) is 6.51. The lowest BCUT2D eigenvalue weighted by Gasteiger charge is -2.35. The van der Waals surface area contributed by atoms with Crippen molar-refractivity contribution in [2.24, 2.45) is 17.8 Å². The lowest BCUT2D eigenvalue weighted by atomic mass is 9.77. The Hall–Kier alpha value is -1.88. The molecule has 0 aromatic carbocycles. The largest absolute Gasteiger partial charge is 0.396 e. The first-order chi connectivity index (χ1) is 12.2. The molecule has 3 aliphatic carbocycles. The highest BCUT2D eigenvalue weighted by molar-refractivity contribution is 6.02. The smallest absolute Gasteiger partial charge is 0.255 e. The minimum Gasteiger partial charge on any atom is -0.396 e. The number of hydrogen-bond acceptors (Lipinski definition) is 3. The second-order valence-corrected chi connectivity index (χ2v) is 8.18. The average molecular weight is 339 g/mol. The van der Waals surface area contributed by atoms with Crippen LogP contribution in [0.3, 0.4) is 0 Å². The van der Waals surface area contributed by atoms with E-state index in [2.05, 4.69) is 5.32 Å². The van der Waals surface area contributed by atoms with E-state index >= 15 is 0 Å². The van der Waals surface area contributed by atoms with E-state index in [9.17, 15) is 9.90 Å². The fourth-order valence-electron chi connectivity index (χ4n) is 5.15. The van der Waals surface area contributed by atoms with Gasteiger partial charge in [-0.2, -0.15) is 5.10 Å². The number of amides is 1. The highest BCUT2D eigenvalue weighted by Gasteiger charge is 2.44. The number of aliphatic hydroxyl groups is 1. The highest BCUT2D eigenvalue weighted by atomic mass is 16.3. The molecule has 4 atom stereocenters. The van der Waals surface area contributed by atoms with Gasteiger partial charge in [0.25, 0.3) is 5.91 Å². The standard InChI is InChI=1S/C20H25N3O2/c24-11-12-9-14-6-7-15(10-12)18(14)21-20(25)17-16-3-1-2-8-23(16)22-19(17)13-4-5-13/h1-3,8,12-15,18,24H,4-7,9-11H2,(H,21,25)/t12?,14-,15+,18?. The Morgan fingerprint density at radius 3 is 2.64 bits per heavy atom. The summed E-state index contributed by atoms with van der Waals surface area (Å²) in [6, 6.07) is 6.18. The molecule has 5 nitrogen and oxygen atoms in total. The number of aliphatic hydroxyl groups excluding tert-OH is 1. The Labute approximate surface area is 147 Å². The van der Waals surface area contributed by atoms with Crippen molar-refractivity contribution in [3.05, 3.63) is 35.7 Å². The molecule has 2 N–H and O–H groups in total. The van der Waals surface area contributed by atoms with Gasteiger partial charge in [-0.25, -0.2) is 4.52 Å². The van der Waals surface area contributed by atoms with E-state index in [4.69, 9.17) is 5.10 Å². The van der Waals surface area contributed by atoms with Crippen molar-refractivity contribution in [1.29, 1.82) is 0 Å². The first-order valence-electron chi connectivity index (χ1n) is 9.63. The summed E-state index contributed by atoms with van der Waals surface area (Å²) in [6.45, 7) is 0.285. The zero-order valence-corrected chi connectivity index (χ0v) is 14.4. The molecule has 1 amide bonds. The molecular weight excluding hydrogens is 314 g/mol. The Balaban J connectivity index is 1.44. The molecule has 132 valence electrons. The second kappa shape index (κ2) is 5.84. The van der Waals surface area contributed by atoms with Crippen molar-refractivity contribution in [1.82, 2.24) is 14.9 Å². The molecule has 5 heteroatoms. The summed E-state index contributed by atoms with van der Waals surface area (Å²) in [6.07, 6.45) is 8.64. The molecule has 3 saturated carbocycles. The summed E-state index contributed by atoms with van der Waals surface area (Å²) in [5.41, 5.74) is 2.67. The third-order valence-corrected chi connectivity index (χ3v) is 6.51. The SMILES string of the molecule is O=C(NC1[C@@H]2CC[C@H]1CC(CO)C2)c1c(C2CC2)nn2ccccc12. The van der Waals surface area contributed by atoms with Gasteiger partial charge in [0.15, 0.2) is 0 Å². The number of carbonyl (C=O) groups is 1. The van der Waals surface area contributed by atoms with Crippen LogP contribution in [0.1, 0.15) is 60.5 Å². The molecule has 0 radical (unpaired) electrons. The molecule has 2 aromatic heterocycles. The summed E-state index contributed by atoms with van der Waals surface area (Å²) < 4.78 is 1.85. The first-order valence-corrected chi connectivity index (χ1v) is 9.63. The summed E-state index contributed by atoms with van der Waals surface area (Å²) in [5, 5.41) is 17.6. The Kier molecular flexibility index (Phi) is 3.59. The molecule has 3 fully saturated rings. The second-order valence-electron chi connectivity index (χ2n) is 8.18.